The minimum atomic E-state index is -3.49. The van der Waals surface area contributed by atoms with Crippen molar-refractivity contribution in [2.75, 3.05) is 62.3 Å². The standard InChI is InChI=1S/C16H20ClN5O3S2/c17-13-1-2-15(26-13)27(23,24)22-7-5-20(6-8-22)14-3-4-18-16(19-14)21-9-11-25-12-10-21/h1-4H,5-12H2. The molecule has 2 aliphatic rings. The summed E-state index contributed by atoms with van der Waals surface area (Å²) >= 11 is 6.98. The van der Waals surface area contributed by atoms with E-state index in [0.717, 1.165) is 30.2 Å². The molecular weight excluding hydrogens is 410 g/mol. The highest BCUT2D eigenvalue weighted by molar-refractivity contribution is 7.91. The number of halogens is 1. The molecule has 4 rings (SSSR count). The Labute approximate surface area is 167 Å². The maximum absolute atomic E-state index is 12.7. The number of sulfonamides is 1. The first-order valence-electron chi connectivity index (χ1n) is 8.70. The largest absolute Gasteiger partial charge is 0.378 e. The zero-order valence-electron chi connectivity index (χ0n) is 14.6. The molecule has 27 heavy (non-hydrogen) atoms. The molecule has 8 nitrogen and oxygen atoms in total. The fourth-order valence-electron chi connectivity index (χ4n) is 3.15. The summed E-state index contributed by atoms with van der Waals surface area (Å²) in [6.07, 6.45) is 1.75. The Morgan fingerprint density at radius 1 is 1.00 bits per heavy atom. The summed E-state index contributed by atoms with van der Waals surface area (Å²) in [5, 5.41) is 0. The van der Waals surface area contributed by atoms with Gasteiger partial charge in [0.05, 0.1) is 17.6 Å². The normalized spacial score (nSPS) is 19.4. The molecule has 0 unspecified atom stereocenters. The Morgan fingerprint density at radius 2 is 1.74 bits per heavy atom. The Balaban J connectivity index is 1.43. The third-order valence-corrected chi connectivity index (χ3v) is 8.22. The third-order valence-electron chi connectivity index (χ3n) is 4.63. The fraction of sp³-hybridized carbons (Fsp3) is 0.500. The van der Waals surface area contributed by atoms with E-state index in [1.54, 1.807) is 18.3 Å². The van der Waals surface area contributed by atoms with E-state index in [1.807, 2.05) is 6.07 Å². The Kier molecular flexibility index (Phi) is 5.51. The lowest BCUT2D eigenvalue weighted by Crippen LogP contribution is -2.49. The van der Waals surface area contributed by atoms with Crippen LogP contribution in [0.5, 0.6) is 0 Å². The number of piperazine rings is 1. The Hall–Kier alpha value is -1.46. The van der Waals surface area contributed by atoms with Crippen molar-refractivity contribution < 1.29 is 13.2 Å². The van der Waals surface area contributed by atoms with Gasteiger partial charge >= 0.3 is 0 Å². The lowest BCUT2D eigenvalue weighted by Gasteiger charge is -2.35. The molecule has 2 fully saturated rings. The molecule has 0 aromatic carbocycles. The minimum absolute atomic E-state index is 0.289. The molecule has 0 amide bonds. The average Bonchev–Trinajstić information content (AvgIpc) is 3.16. The SMILES string of the molecule is O=S(=O)(c1ccc(Cl)s1)N1CCN(c2ccnc(N3CCOCC3)n2)CC1. The Morgan fingerprint density at radius 3 is 2.41 bits per heavy atom. The lowest BCUT2D eigenvalue weighted by atomic mass is 10.3. The van der Waals surface area contributed by atoms with Gasteiger partial charge in [0.25, 0.3) is 10.0 Å². The van der Waals surface area contributed by atoms with Crippen LogP contribution < -0.4 is 9.80 Å². The van der Waals surface area contributed by atoms with E-state index in [1.165, 1.54) is 4.31 Å². The molecule has 4 heterocycles. The van der Waals surface area contributed by atoms with E-state index in [0.29, 0.717) is 49.7 Å². The number of aromatic nitrogens is 2. The van der Waals surface area contributed by atoms with Crippen molar-refractivity contribution in [3.63, 3.8) is 0 Å². The van der Waals surface area contributed by atoms with Crippen LogP contribution in [0.15, 0.2) is 28.6 Å². The zero-order chi connectivity index (χ0) is 18.9. The van der Waals surface area contributed by atoms with E-state index < -0.39 is 10.0 Å². The quantitative estimate of drug-likeness (QED) is 0.729. The van der Waals surface area contributed by atoms with E-state index in [2.05, 4.69) is 19.8 Å². The molecule has 0 bridgehead atoms. The summed E-state index contributed by atoms with van der Waals surface area (Å²) < 4.78 is 33.1. The summed E-state index contributed by atoms with van der Waals surface area (Å²) in [6.45, 7) is 4.89. The molecule has 146 valence electrons. The number of ether oxygens (including phenoxy) is 1. The van der Waals surface area contributed by atoms with Crippen LogP contribution in [0.1, 0.15) is 0 Å². The second-order valence-corrected chi connectivity index (χ2v) is 10.1. The summed E-state index contributed by atoms with van der Waals surface area (Å²) in [5.74, 6) is 1.52. The van der Waals surface area contributed by atoms with Crippen molar-refractivity contribution in [2.45, 2.75) is 4.21 Å². The van der Waals surface area contributed by atoms with Crippen LogP contribution in [0.2, 0.25) is 4.34 Å². The average molecular weight is 430 g/mol. The summed E-state index contributed by atoms with van der Waals surface area (Å²) in [6, 6.07) is 5.05. The Bertz CT molecular complexity index is 893. The van der Waals surface area contributed by atoms with Crippen LogP contribution >= 0.6 is 22.9 Å². The first kappa shape index (κ1) is 18.9. The van der Waals surface area contributed by atoms with Gasteiger partial charge in [-0.25, -0.2) is 13.4 Å². The fourth-order valence-corrected chi connectivity index (χ4v) is 6.21. The number of hydrogen-bond donors (Lipinski definition) is 0. The van der Waals surface area contributed by atoms with Crippen molar-refractivity contribution in [3.8, 4) is 0 Å². The van der Waals surface area contributed by atoms with Gasteiger partial charge in [-0.15, -0.1) is 11.3 Å². The third kappa shape index (κ3) is 4.04. The second-order valence-electron chi connectivity index (χ2n) is 6.26. The van der Waals surface area contributed by atoms with Crippen molar-refractivity contribution in [1.29, 1.82) is 0 Å². The molecular formula is C16H20ClN5O3S2. The van der Waals surface area contributed by atoms with Gasteiger partial charge in [0.1, 0.15) is 10.0 Å². The van der Waals surface area contributed by atoms with Gasteiger partial charge in [0.2, 0.25) is 5.95 Å². The molecule has 2 saturated heterocycles. The molecule has 2 aliphatic heterocycles. The van der Waals surface area contributed by atoms with E-state index in [-0.39, 0.29) is 4.21 Å². The smallest absolute Gasteiger partial charge is 0.252 e. The summed E-state index contributed by atoms with van der Waals surface area (Å²) in [5.41, 5.74) is 0. The molecule has 0 spiro atoms. The highest BCUT2D eigenvalue weighted by atomic mass is 35.5. The molecule has 0 saturated carbocycles. The van der Waals surface area contributed by atoms with Crippen molar-refractivity contribution in [1.82, 2.24) is 14.3 Å². The van der Waals surface area contributed by atoms with E-state index in [4.69, 9.17) is 16.3 Å². The van der Waals surface area contributed by atoms with Crippen LogP contribution in [0.4, 0.5) is 11.8 Å². The maximum Gasteiger partial charge on any atom is 0.252 e. The molecule has 0 N–H and O–H groups in total. The minimum Gasteiger partial charge on any atom is -0.378 e. The maximum atomic E-state index is 12.7. The molecule has 0 atom stereocenters. The summed E-state index contributed by atoms with van der Waals surface area (Å²) in [7, 11) is -3.49. The zero-order valence-corrected chi connectivity index (χ0v) is 17.0. The number of thiophene rings is 1. The van der Waals surface area contributed by atoms with Crippen molar-refractivity contribution in [2.24, 2.45) is 0 Å². The number of nitrogens with zero attached hydrogens (tertiary/aromatic N) is 5. The molecule has 11 heteroatoms. The monoisotopic (exact) mass is 429 g/mol. The van der Waals surface area contributed by atoms with Crippen LogP contribution in [0.3, 0.4) is 0 Å². The first-order valence-corrected chi connectivity index (χ1v) is 11.3. The molecule has 2 aromatic rings. The van der Waals surface area contributed by atoms with Crippen molar-refractivity contribution in [3.05, 3.63) is 28.7 Å². The molecule has 0 radical (unpaired) electrons. The van der Waals surface area contributed by atoms with Crippen LogP contribution in [-0.2, 0) is 14.8 Å². The van der Waals surface area contributed by atoms with Gasteiger partial charge < -0.3 is 14.5 Å². The van der Waals surface area contributed by atoms with Gasteiger partial charge in [-0.3, -0.25) is 0 Å². The van der Waals surface area contributed by atoms with E-state index in [9.17, 15) is 8.42 Å². The number of anilines is 2. The molecule has 2 aromatic heterocycles. The van der Waals surface area contributed by atoms with Gasteiger partial charge in [-0.1, -0.05) is 11.6 Å². The number of rotatable bonds is 4. The van der Waals surface area contributed by atoms with Crippen LogP contribution in [-0.4, -0.2) is 75.2 Å². The number of morpholine rings is 1. The van der Waals surface area contributed by atoms with Gasteiger partial charge in [0.15, 0.2) is 0 Å². The topological polar surface area (TPSA) is 78.9 Å². The lowest BCUT2D eigenvalue weighted by molar-refractivity contribution is 0.122. The van der Waals surface area contributed by atoms with E-state index >= 15 is 0 Å². The summed E-state index contributed by atoms with van der Waals surface area (Å²) in [4.78, 5) is 13.2. The highest BCUT2D eigenvalue weighted by Crippen LogP contribution is 2.29. The van der Waals surface area contributed by atoms with Gasteiger partial charge in [-0.2, -0.15) is 9.29 Å². The molecule has 0 aliphatic carbocycles. The van der Waals surface area contributed by atoms with Crippen LogP contribution in [0, 0.1) is 0 Å². The predicted octanol–water partition coefficient (Wildman–Crippen LogP) is 1.54. The van der Waals surface area contributed by atoms with Crippen LogP contribution in [0.25, 0.3) is 0 Å². The van der Waals surface area contributed by atoms with Gasteiger partial charge in [0, 0.05) is 45.5 Å². The predicted molar refractivity (Wildman–Crippen MR) is 105 cm³/mol. The highest BCUT2D eigenvalue weighted by Gasteiger charge is 2.30. The van der Waals surface area contributed by atoms with Gasteiger partial charge in [-0.05, 0) is 18.2 Å². The first-order chi connectivity index (χ1) is 13.0. The second kappa shape index (κ2) is 7.88. The van der Waals surface area contributed by atoms with Crippen molar-refractivity contribution >= 4 is 44.7 Å². The number of hydrogen-bond acceptors (Lipinski definition) is 8.